The summed E-state index contributed by atoms with van der Waals surface area (Å²) in [5.74, 6) is 1.64. The van der Waals surface area contributed by atoms with Crippen LogP contribution in [0.15, 0.2) is 18.2 Å². The second-order valence-corrected chi connectivity index (χ2v) is 6.13. The zero-order chi connectivity index (χ0) is 16.2. The minimum absolute atomic E-state index is 0.0260. The van der Waals surface area contributed by atoms with Gasteiger partial charge in [-0.15, -0.1) is 0 Å². The van der Waals surface area contributed by atoms with Crippen molar-refractivity contribution in [2.45, 2.75) is 38.3 Å². The molecule has 1 saturated heterocycles. The van der Waals surface area contributed by atoms with Gasteiger partial charge in [-0.1, -0.05) is 12.8 Å². The number of fused-ring (bicyclic) bond motifs is 1. The van der Waals surface area contributed by atoms with Crippen LogP contribution < -0.4 is 10.1 Å². The normalized spacial score (nSPS) is 19.5. The minimum atomic E-state index is -0.0260. The van der Waals surface area contributed by atoms with Crippen molar-refractivity contribution in [3.8, 4) is 5.75 Å². The molecule has 2 N–H and O–H groups in total. The van der Waals surface area contributed by atoms with Crippen molar-refractivity contribution in [2.24, 2.45) is 0 Å². The molecule has 0 bridgehead atoms. The van der Waals surface area contributed by atoms with Gasteiger partial charge in [0.05, 0.1) is 30.7 Å². The van der Waals surface area contributed by atoms with Crippen LogP contribution in [0.2, 0.25) is 0 Å². The fourth-order valence-corrected chi connectivity index (χ4v) is 3.12. The Morgan fingerprint density at radius 2 is 2.30 bits per heavy atom. The molecule has 0 spiro atoms. The number of ether oxygens (including phenoxy) is 1. The van der Waals surface area contributed by atoms with Gasteiger partial charge in [-0.25, -0.2) is 4.98 Å². The fraction of sp³-hybridized carbons (Fsp3) is 0.529. The molecule has 3 rings (SSSR count). The topological polar surface area (TPSA) is 70.2 Å². The first-order valence-corrected chi connectivity index (χ1v) is 8.18. The Hall–Kier alpha value is -2.08. The molecule has 6 heteroatoms. The van der Waals surface area contributed by atoms with Gasteiger partial charge >= 0.3 is 0 Å². The first-order chi connectivity index (χ1) is 11.2. The molecular formula is C17H24N4O2. The summed E-state index contributed by atoms with van der Waals surface area (Å²) in [5, 5.41) is 3.01. The number of nitrogens with one attached hydrogen (secondary N) is 2. The van der Waals surface area contributed by atoms with Crippen molar-refractivity contribution >= 4 is 16.9 Å². The highest BCUT2D eigenvalue weighted by Crippen LogP contribution is 2.19. The number of hydrogen-bond acceptors (Lipinski definition) is 4. The number of nitrogens with zero attached hydrogens (tertiary/aromatic N) is 2. The number of amides is 1. The molecule has 0 unspecified atom stereocenters. The third-order valence-electron chi connectivity index (χ3n) is 4.49. The number of aromatic nitrogens is 2. The molecule has 1 atom stereocenters. The Balaban J connectivity index is 1.64. The molecule has 2 heterocycles. The maximum atomic E-state index is 12.4. The van der Waals surface area contributed by atoms with Crippen molar-refractivity contribution in [1.29, 1.82) is 0 Å². The number of aromatic amines is 1. The number of carbonyl (C=O) groups excluding carboxylic acids is 1. The van der Waals surface area contributed by atoms with Crippen LogP contribution >= 0.6 is 0 Å². The summed E-state index contributed by atoms with van der Waals surface area (Å²) < 4.78 is 5.21. The first kappa shape index (κ1) is 15.8. The molecule has 2 aromatic rings. The third-order valence-corrected chi connectivity index (χ3v) is 4.49. The van der Waals surface area contributed by atoms with Gasteiger partial charge in [-0.05, 0) is 38.6 Å². The number of carbonyl (C=O) groups is 1. The fourth-order valence-electron chi connectivity index (χ4n) is 3.12. The van der Waals surface area contributed by atoms with Crippen molar-refractivity contribution in [3.05, 3.63) is 24.0 Å². The van der Waals surface area contributed by atoms with E-state index in [0.29, 0.717) is 6.54 Å². The van der Waals surface area contributed by atoms with Crippen molar-refractivity contribution in [1.82, 2.24) is 20.2 Å². The third kappa shape index (κ3) is 3.64. The monoisotopic (exact) mass is 316 g/mol. The van der Waals surface area contributed by atoms with E-state index in [9.17, 15) is 4.79 Å². The zero-order valence-corrected chi connectivity index (χ0v) is 13.8. The average Bonchev–Trinajstić information content (AvgIpc) is 2.84. The van der Waals surface area contributed by atoms with E-state index >= 15 is 0 Å². The lowest BCUT2D eigenvalue weighted by Crippen LogP contribution is -2.44. The minimum Gasteiger partial charge on any atom is -0.497 e. The van der Waals surface area contributed by atoms with Crippen LogP contribution in [0.5, 0.6) is 5.75 Å². The number of hydrogen-bond donors (Lipinski definition) is 2. The van der Waals surface area contributed by atoms with E-state index in [0.717, 1.165) is 42.0 Å². The standard InChI is InChI=1S/C17H24N4O2/c1-21-9-5-3-4-6-15(21)17(22)18-11-16-19-13-8-7-12(23-2)10-14(13)20-16/h7-8,10,15H,3-6,9,11H2,1-2H3,(H,18,22)(H,19,20)/t15-/m0/s1. The smallest absolute Gasteiger partial charge is 0.237 e. The molecule has 0 aliphatic carbocycles. The molecule has 23 heavy (non-hydrogen) atoms. The molecular weight excluding hydrogens is 292 g/mol. The van der Waals surface area contributed by atoms with Gasteiger partial charge in [0.15, 0.2) is 0 Å². The number of rotatable bonds is 4. The molecule has 6 nitrogen and oxygen atoms in total. The van der Waals surface area contributed by atoms with Gasteiger partial charge in [0.1, 0.15) is 11.6 Å². The highest BCUT2D eigenvalue weighted by atomic mass is 16.5. The maximum absolute atomic E-state index is 12.4. The quantitative estimate of drug-likeness (QED) is 0.906. The predicted molar refractivity (Wildman–Crippen MR) is 89.4 cm³/mol. The first-order valence-electron chi connectivity index (χ1n) is 8.18. The molecule has 124 valence electrons. The van der Waals surface area contributed by atoms with E-state index < -0.39 is 0 Å². The van der Waals surface area contributed by atoms with Gasteiger partial charge < -0.3 is 15.0 Å². The van der Waals surface area contributed by atoms with Gasteiger partial charge in [0.25, 0.3) is 0 Å². The van der Waals surface area contributed by atoms with Crippen LogP contribution in [0, 0.1) is 0 Å². The van der Waals surface area contributed by atoms with Crippen LogP contribution in [-0.4, -0.2) is 47.5 Å². The van der Waals surface area contributed by atoms with Gasteiger partial charge in [0.2, 0.25) is 5.91 Å². The molecule has 1 fully saturated rings. The van der Waals surface area contributed by atoms with Crippen LogP contribution in [-0.2, 0) is 11.3 Å². The maximum Gasteiger partial charge on any atom is 0.237 e. The summed E-state index contributed by atoms with van der Waals surface area (Å²) in [4.78, 5) is 22.3. The molecule has 1 aliphatic heterocycles. The van der Waals surface area contributed by atoms with E-state index in [1.54, 1.807) is 7.11 Å². The van der Waals surface area contributed by atoms with E-state index in [2.05, 4.69) is 20.2 Å². The van der Waals surface area contributed by atoms with Crippen LogP contribution in [0.25, 0.3) is 11.0 Å². The summed E-state index contributed by atoms with van der Waals surface area (Å²) in [6.45, 7) is 1.41. The molecule has 1 amide bonds. The van der Waals surface area contributed by atoms with E-state index in [1.807, 2.05) is 25.2 Å². The Morgan fingerprint density at radius 3 is 3.13 bits per heavy atom. The Labute approximate surface area is 136 Å². The lowest BCUT2D eigenvalue weighted by Gasteiger charge is -2.24. The molecule has 0 radical (unpaired) electrons. The summed E-state index contributed by atoms with van der Waals surface area (Å²) >= 11 is 0. The summed E-state index contributed by atoms with van der Waals surface area (Å²) in [6.07, 6.45) is 4.43. The zero-order valence-electron chi connectivity index (χ0n) is 13.8. The second-order valence-electron chi connectivity index (χ2n) is 6.13. The van der Waals surface area contributed by atoms with E-state index in [1.165, 1.54) is 12.8 Å². The highest BCUT2D eigenvalue weighted by Gasteiger charge is 2.24. The Kier molecular flexibility index (Phi) is 4.81. The second kappa shape index (κ2) is 7.00. The molecule has 1 aromatic carbocycles. The number of H-pyrrole nitrogens is 1. The van der Waals surface area contributed by atoms with Crippen LogP contribution in [0.1, 0.15) is 31.5 Å². The van der Waals surface area contributed by atoms with Crippen molar-refractivity contribution in [2.75, 3.05) is 20.7 Å². The molecule has 1 aromatic heterocycles. The van der Waals surface area contributed by atoms with Crippen molar-refractivity contribution in [3.63, 3.8) is 0 Å². The Morgan fingerprint density at radius 1 is 1.43 bits per heavy atom. The summed E-state index contributed by atoms with van der Waals surface area (Å²) in [6, 6.07) is 5.68. The molecule has 0 saturated carbocycles. The van der Waals surface area contributed by atoms with Crippen molar-refractivity contribution < 1.29 is 9.53 Å². The van der Waals surface area contributed by atoms with Gasteiger partial charge in [0, 0.05) is 6.07 Å². The van der Waals surface area contributed by atoms with Crippen LogP contribution in [0.4, 0.5) is 0 Å². The van der Waals surface area contributed by atoms with Gasteiger partial charge in [-0.2, -0.15) is 0 Å². The van der Waals surface area contributed by atoms with Gasteiger partial charge in [-0.3, -0.25) is 9.69 Å². The lowest BCUT2D eigenvalue weighted by molar-refractivity contribution is -0.126. The summed E-state index contributed by atoms with van der Waals surface area (Å²) in [7, 11) is 3.67. The number of benzene rings is 1. The lowest BCUT2D eigenvalue weighted by atomic mass is 10.1. The number of likely N-dealkylation sites (tertiary alicyclic amines) is 1. The predicted octanol–water partition coefficient (Wildman–Crippen LogP) is 2.06. The number of methoxy groups -OCH3 is 1. The van der Waals surface area contributed by atoms with E-state index in [4.69, 9.17) is 4.74 Å². The summed E-state index contributed by atoms with van der Waals surface area (Å²) in [5.41, 5.74) is 1.79. The Bertz CT molecular complexity index is 682. The average molecular weight is 316 g/mol. The number of likely N-dealkylation sites (N-methyl/N-ethyl adjacent to an activating group) is 1. The highest BCUT2D eigenvalue weighted by molar-refractivity contribution is 5.82. The largest absolute Gasteiger partial charge is 0.497 e. The van der Waals surface area contributed by atoms with E-state index in [-0.39, 0.29) is 11.9 Å². The SMILES string of the molecule is COc1ccc2nc(CNC(=O)[C@@H]3CCCCCN3C)[nH]c2c1. The van der Waals surface area contributed by atoms with Crippen LogP contribution in [0.3, 0.4) is 0 Å². The number of imidazole rings is 1. The molecule has 1 aliphatic rings.